The molecule has 0 radical (unpaired) electrons. The molecule has 3 aromatic carbocycles. The molecule has 2 amide bonds. The van der Waals surface area contributed by atoms with Crippen molar-refractivity contribution < 1.29 is 9.59 Å². The highest BCUT2D eigenvalue weighted by atomic mass is 32.2. The predicted octanol–water partition coefficient (Wildman–Crippen LogP) is 6.54. The van der Waals surface area contributed by atoms with Crippen molar-refractivity contribution in [2.24, 2.45) is 0 Å². The Bertz CT molecular complexity index is 1650. The van der Waals surface area contributed by atoms with Gasteiger partial charge in [0.25, 0.3) is 5.91 Å². The van der Waals surface area contributed by atoms with Crippen molar-refractivity contribution >= 4 is 39.9 Å². The van der Waals surface area contributed by atoms with Crippen LogP contribution in [0.4, 0.5) is 5.00 Å². The Labute approximate surface area is 247 Å². The first-order chi connectivity index (χ1) is 20.2. The Kier molecular flexibility index (Phi) is 8.25. The van der Waals surface area contributed by atoms with E-state index in [2.05, 4.69) is 20.8 Å². The average molecular weight is 580 g/mol. The van der Waals surface area contributed by atoms with Gasteiger partial charge in [-0.05, 0) is 48.9 Å². The van der Waals surface area contributed by atoms with E-state index in [1.807, 2.05) is 95.6 Å². The molecule has 0 bridgehead atoms. The highest BCUT2D eigenvalue weighted by Gasteiger charge is 2.26. The van der Waals surface area contributed by atoms with Crippen molar-refractivity contribution in [1.82, 2.24) is 20.1 Å². The number of nitrogens with one attached hydrogen (secondary N) is 2. The van der Waals surface area contributed by atoms with Gasteiger partial charge < -0.3 is 10.6 Å². The molecule has 2 N–H and O–H groups in total. The van der Waals surface area contributed by atoms with Crippen LogP contribution in [0.15, 0.2) is 96.2 Å². The van der Waals surface area contributed by atoms with Gasteiger partial charge in [0.15, 0.2) is 11.0 Å². The number of nitrogens with zero attached hydrogens (tertiary/aromatic N) is 3. The van der Waals surface area contributed by atoms with Crippen LogP contribution in [0.3, 0.4) is 0 Å². The van der Waals surface area contributed by atoms with Gasteiger partial charge >= 0.3 is 0 Å². The molecule has 9 heteroatoms. The van der Waals surface area contributed by atoms with E-state index in [9.17, 15) is 9.59 Å². The summed E-state index contributed by atoms with van der Waals surface area (Å²) in [6.45, 7) is 0.437. The van der Waals surface area contributed by atoms with Crippen molar-refractivity contribution in [1.29, 1.82) is 0 Å². The van der Waals surface area contributed by atoms with E-state index in [1.165, 1.54) is 28.0 Å². The summed E-state index contributed by atoms with van der Waals surface area (Å²) in [4.78, 5) is 27.8. The quantitative estimate of drug-likeness (QED) is 0.194. The predicted molar refractivity (Wildman–Crippen MR) is 165 cm³/mol. The lowest BCUT2D eigenvalue weighted by Gasteiger charge is -2.13. The second-order valence-electron chi connectivity index (χ2n) is 9.76. The van der Waals surface area contributed by atoms with Gasteiger partial charge in [-0.25, -0.2) is 0 Å². The first kappa shape index (κ1) is 27.0. The largest absolute Gasteiger partial charge is 0.348 e. The summed E-state index contributed by atoms with van der Waals surface area (Å²) in [5.74, 6) is 0.512. The van der Waals surface area contributed by atoms with E-state index in [4.69, 9.17) is 0 Å². The number of hydrogen-bond donors (Lipinski definition) is 2. The van der Waals surface area contributed by atoms with Crippen molar-refractivity contribution in [3.63, 3.8) is 0 Å². The van der Waals surface area contributed by atoms with Crippen molar-refractivity contribution in [2.45, 2.75) is 37.4 Å². The van der Waals surface area contributed by atoms with Crippen LogP contribution in [-0.4, -0.2) is 32.3 Å². The molecule has 1 aliphatic rings. The monoisotopic (exact) mass is 579 g/mol. The maximum Gasteiger partial charge on any atom is 0.254 e. The smallest absolute Gasteiger partial charge is 0.254 e. The number of aryl methyl sites for hydroxylation is 1. The number of carbonyl (C=O) groups is 2. The minimum absolute atomic E-state index is 0.132. The molecule has 2 aromatic heterocycles. The van der Waals surface area contributed by atoms with Gasteiger partial charge in [0.1, 0.15) is 5.00 Å². The zero-order valence-corrected chi connectivity index (χ0v) is 24.0. The van der Waals surface area contributed by atoms with Crippen LogP contribution >= 0.6 is 23.1 Å². The molecule has 0 fully saturated rings. The maximum atomic E-state index is 13.4. The van der Waals surface area contributed by atoms with Gasteiger partial charge in [-0.1, -0.05) is 90.6 Å². The van der Waals surface area contributed by atoms with Gasteiger partial charge in [-0.15, -0.1) is 21.5 Å². The van der Waals surface area contributed by atoms with Gasteiger partial charge in [-0.3, -0.25) is 14.2 Å². The molecular weight excluding hydrogens is 551 g/mol. The van der Waals surface area contributed by atoms with E-state index in [0.29, 0.717) is 28.1 Å². The number of amides is 2. The van der Waals surface area contributed by atoms with Gasteiger partial charge in [0.05, 0.1) is 11.3 Å². The van der Waals surface area contributed by atoms with Crippen LogP contribution in [-0.2, 0) is 24.2 Å². The second kappa shape index (κ2) is 12.5. The lowest BCUT2D eigenvalue weighted by Crippen LogP contribution is -2.25. The van der Waals surface area contributed by atoms with Crippen molar-refractivity contribution in [3.8, 4) is 17.1 Å². The molecule has 2 heterocycles. The number of fused-ring (bicyclic) bond motifs is 1. The lowest BCUT2D eigenvalue weighted by molar-refractivity contribution is -0.113. The highest BCUT2D eigenvalue weighted by Crippen LogP contribution is 2.38. The average Bonchev–Trinajstić information content (AvgIpc) is 3.61. The van der Waals surface area contributed by atoms with Crippen molar-refractivity contribution in [2.75, 3.05) is 11.1 Å². The summed E-state index contributed by atoms with van der Waals surface area (Å²) in [6, 6.07) is 29.6. The number of para-hydroxylation sites is 1. The number of hydrogen-bond acceptors (Lipinski definition) is 6. The van der Waals surface area contributed by atoms with E-state index in [0.717, 1.165) is 48.1 Å². The standard InChI is InChI=1S/C32H29N5O2S2/c38-27(21-40-32-36-35-29(23-14-6-2-7-15-23)37(32)24-16-8-3-9-17-24)34-31-28(25-18-10-11-19-26(25)41-31)30(39)33-20-22-12-4-1-5-13-22/h1-9,12-17H,10-11,18-21H2,(H,33,39)(H,34,38). The molecule has 7 nitrogen and oxygen atoms in total. The number of rotatable bonds is 9. The summed E-state index contributed by atoms with van der Waals surface area (Å²) in [5.41, 5.74) is 4.58. The molecule has 5 aromatic rings. The fourth-order valence-corrected chi connectivity index (χ4v) is 7.06. The molecular formula is C32H29N5O2S2. The Morgan fingerprint density at radius 2 is 1.54 bits per heavy atom. The van der Waals surface area contributed by atoms with Crippen molar-refractivity contribution in [3.05, 3.63) is 113 Å². The normalized spacial score (nSPS) is 12.5. The van der Waals surface area contributed by atoms with Crippen LogP contribution in [0.25, 0.3) is 17.1 Å². The molecule has 41 heavy (non-hydrogen) atoms. The second-order valence-corrected chi connectivity index (χ2v) is 11.8. The molecule has 0 unspecified atom stereocenters. The topological polar surface area (TPSA) is 88.9 Å². The minimum Gasteiger partial charge on any atom is -0.348 e. The van der Waals surface area contributed by atoms with Crippen LogP contribution in [0.5, 0.6) is 0 Å². The first-order valence-corrected chi connectivity index (χ1v) is 15.4. The van der Waals surface area contributed by atoms with Crippen LogP contribution < -0.4 is 10.6 Å². The Hall–Kier alpha value is -4.21. The zero-order valence-electron chi connectivity index (χ0n) is 22.4. The Morgan fingerprint density at radius 3 is 2.29 bits per heavy atom. The van der Waals surface area contributed by atoms with E-state index in [-0.39, 0.29) is 17.6 Å². The molecule has 0 aliphatic heterocycles. The fourth-order valence-electron chi connectivity index (χ4n) is 5.00. The van der Waals surface area contributed by atoms with Gasteiger partial charge in [0, 0.05) is 22.7 Å². The van der Waals surface area contributed by atoms with Gasteiger partial charge in [0.2, 0.25) is 5.91 Å². The zero-order chi connectivity index (χ0) is 28.0. The van der Waals surface area contributed by atoms with E-state index < -0.39 is 0 Å². The third kappa shape index (κ3) is 6.11. The molecule has 206 valence electrons. The molecule has 1 aliphatic carbocycles. The number of thioether (sulfide) groups is 1. The molecule has 0 atom stereocenters. The molecule has 6 rings (SSSR count). The molecule has 0 saturated heterocycles. The third-order valence-electron chi connectivity index (χ3n) is 6.96. The first-order valence-electron chi connectivity index (χ1n) is 13.6. The summed E-state index contributed by atoms with van der Waals surface area (Å²) in [5, 5.41) is 16.3. The SMILES string of the molecule is O=C(CSc1nnc(-c2ccccc2)n1-c1ccccc1)Nc1sc2c(c1C(=O)NCc1ccccc1)CCCC2. The Morgan fingerprint density at radius 1 is 0.854 bits per heavy atom. The van der Waals surface area contributed by atoms with Crippen LogP contribution in [0.1, 0.15) is 39.2 Å². The van der Waals surface area contributed by atoms with E-state index >= 15 is 0 Å². The van der Waals surface area contributed by atoms with Crippen LogP contribution in [0, 0.1) is 0 Å². The summed E-state index contributed by atoms with van der Waals surface area (Å²) >= 11 is 2.85. The summed E-state index contributed by atoms with van der Waals surface area (Å²) in [7, 11) is 0. The number of thiophene rings is 1. The summed E-state index contributed by atoms with van der Waals surface area (Å²) < 4.78 is 1.97. The molecule has 0 spiro atoms. The summed E-state index contributed by atoms with van der Waals surface area (Å²) in [6.07, 6.45) is 3.94. The lowest BCUT2D eigenvalue weighted by atomic mass is 9.95. The minimum atomic E-state index is -0.186. The maximum absolute atomic E-state index is 13.4. The number of anilines is 1. The molecule has 0 saturated carbocycles. The number of carbonyl (C=O) groups excluding carboxylic acids is 2. The third-order valence-corrected chi connectivity index (χ3v) is 9.10. The number of aromatic nitrogens is 3. The van der Waals surface area contributed by atoms with Gasteiger partial charge in [-0.2, -0.15) is 0 Å². The highest BCUT2D eigenvalue weighted by molar-refractivity contribution is 7.99. The fraction of sp³-hybridized carbons (Fsp3) is 0.188. The Balaban J connectivity index is 1.20. The van der Waals surface area contributed by atoms with Crippen LogP contribution in [0.2, 0.25) is 0 Å². The number of benzene rings is 3. The van der Waals surface area contributed by atoms with E-state index in [1.54, 1.807) is 0 Å².